The number of amides is 3. The molecule has 0 saturated carbocycles. The minimum atomic E-state index is -4.99. The Kier molecular flexibility index (Phi) is 15.0. The zero-order chi connectivity index (χ0) is 48.3. The number of ether oxygens (including phenoxy) is 1. The fraction of sp³-hybridized carbons (Fsp3) is 0.200. The number of benzene rings is 5. The van der Waals surface area contributed by atoms with Crippen LogP contribution in [-0.4, -0.2) is 84.2 Å². The van der Waals surface area contributed by atoms with Crippen LogP contribution in [0.15, 0.2) is 109 Å². The SMILES string of the molecule is CC(COC(=O)Nc1cc(C=CC(=O)N2C[C@@H](CCl)c3c2cc(OP(=O)(O)O)c2ccccc32)ccc1C=CC(=O)N1C[C@@H](CCl)c2c1cc(OP(=O)(O)O)c1ccccc21)SSc1ncc[nH]1. The second kappa shape index (κ2) is 20.7. The number of nitrogens with zero attached hydrogens (tertiary/aromatic N) is 3. The van der Waals surface area contributed by atoms with Crippen LogP contribution in [0.25, 0.3) is 33.7 Å². The quantitative estimate of drug-likeness (QED) is 0.0229. The zero-order valence-electron chi connectivity index (χ0n) is 35.6. The number of hydrogen-bond acceptors (Lipinski definition) is 11. The third kappa shape index (κ3) is 11.2. The summed E-state index contributed by atoms with van der Waals surface area (Å²) in [5.41, 5.74) is 3.29. The number of carbonyl (C=O) groups excluding carboxylic acids is 3. The molecule has 0 saturated heterocycles. The number of fused-ring (bicyclic) bond motifs is 6. The second-order valence-electron chi connectivity index (χ2n) is 15.6. The Morgan fingerprint density at radius 2 is 1.34 bits per heavy atom. The molecule has 0 aliphatic carbocycles. The van der Waals surface area contributed by atoms with Crippen molar-refractivity contribution in [3.05, 3.63) is 126 Å². The molecule has 17 nitrogen and oxygen atoms in total. The normalized spacial score (nSPS) is 16.4. The van der Waals surface area contributed by atoms with Crippen molar-refractivity contribution < 1.29 is 56.9 Å². The van der Waals surface area contributed by atoms with E-state index in [1.165, 1.54) is 67.8 Å². The maximum Gasteiger partial charge on any atom is 0.524 e. The van der Waals surface area contributed by atoms with E-state index in [4.69, 9.17) is 37.0 Å². The monoisotopic (exact) mass is 1040 g/mol. The van der Waals surface area contributed by atoms with Gasteiger partial charge in [-0.3, -0.25) is 34.5 Å². The van der Waals surface area contributed by atoms with Gasteiger partial charge in [0.1, 0.15) is 18.1 Å². The lowest BCUT2D eigenvalue weighted by molar-refractivity contribution is -0.114. The van der Waals surface area contributed by atoms with Gasteiger partial charge < -0.3 is 28.6 Å². The Hall–Kier alpha value is -5.30. The number of aromatic amines is 1. The van der Waals surface area contributed by atoms with Gasteiger partial charge in [-0.05, 0) is 69.0 Å². The van der Waals surface area contributed by atoms with Crippen LogP contribution in [-0.2, 0) is 23.5 Å². The van der Waals surface area contributed by atoms with Crippen LogP contribution in [0.4, 0.5) is 21.9 Å². The van der Waals surface area contributed by atoms with Gasteiger partial charge in [-0.1, -0.05) is 71.5 Å². The van der Waals surface area contributed by atoms with E-state index >= 15 is 0 Å². The molecule has 3 amide bonds. The molecule has 1 aromatic heterocycles. The number of phosphoric acid groups is 2. The molecule has 5 aromatic carbocycles. The molecule has 1 unspecified atom stereocenters. The van der Waals surface area contributed by atoms with E-state index in [1.807, 2.05) is 6.92 Å². The molecule has 2 aliphatic rings. The molecule has 68 heavy (non-hydrogen) atoms. The van der Waals surface area contributed by atoms with Crippen LogP contribution in [0.2, 0.25) is 0 Å². The van der Waals surface area contributed by atoms with Gasteiger partial charge >= 0.3 is 21.7 Å². The smallest absolute Gasteiger partial charge is 0.448 e. The van der Waals surface area contributed by atoms with Gasteiger partial charge in [0.2, 0.25) is 0 Å². The van der Waals surface area contributed by atoms with Gasteiger partial charge in [0.05, 0.1) is 17.1 Å². The number of hydrogen-bond donors (Lipinski definition) is 6. The molecule has 6 N–H and O–H groups in total. The maximum atomic E-state index is 14.1. The summed E-state index contributed by atoms with van der Waals surface area (Å²) in [5, 5.41) is 5.47. The Morgan fingerprint density at radius 1 is 0.809 bits per heavy atom. The van der Waals surface area contributed by atoms with Crippen molar-refractivity contribution in [2.24, 2.45) is 0 Å². The Balaban J connectivity index is 1.07. The lowest BCUT2D eigenvalue weighted by Gasteiger charge is -2.18. The van der Waals surface area contributed by atoms with Crippen LogP contribution >= 0.6 is 60.4 Å². The number of carbonyl (C=O) groups is 3. The predicted octanol–water partition coefficient (Wildman–Crippen LogP) is 9.80. The molecule has 0 spiro atoms. The fourth-order valence-corrected chi connectivity index (χ4v) is 11.3. The summed E-state index contributed by atoms with van der Waals surface area (Å²) in [6.45, 7) is 2.26. The van der Waals surface area contributed by atoms with Gasteiger partial charge in [-0.15, -0.1) is 23.2 Å². The molecule has 2 aliphatic heterocycles. The highest BCUT2D eigenvalue weighted by Crippen LogP contribution is 2.51. The number of phosphoric ester groups is 2. The molecule has 354 valence electrons. The Labute approximate surface area is 406 Å². The van der Waals surface area contributed by atoms with E-state index in [-0.39, 0.29) is 65.7 Å². The van der Waals surface area contributed by atoms with E-state index in [9.17, 15) is 43.1 Å². The largest absolute Gasteiger partial charge is 0.524 e. The third-order valence-corrected chi connectivity index (χ3v) is 15.3. The van der Waals surface area contributed by atoms with Gasteiger partial charge in [-0.25, -0.2) is 18.9 Å². The van der Waals surface area contributed by atoms with Crippen molar-refractivity contribution in [2.75, 3.05) is 46.6 Å². The van der Waals surface area contributed by atoms with Crippen LogP contribution in [0.1, 0.15) is 41.0 Å². The van der Waals surface area contributed by atoms with Gasteiger partial charge in [-0.2, -0.15) is 0 Å². The van der Waals surface area contributed by atoms with Crippen molar-refractivity contribution in [3.63, 3.8) is 0 Å². The highest BCUT2D eigenvalue weighted by atomic mass is 35.5. The predicted molar refractivity (Wildman–Crippen MR) is 266 cm³/mol. The molecular weight excluding hydrogens is 1000 g/mol. The highest BCUT2D eigenvalue weighted by Gasteiger charge is 2.36. The number of aromatic nitrogens is 2. The van der Waals surface area contributed by atoms with Crippen LogP contribution in [0, 0.1) is 0 Å². The fourth-order valence-electron chi connectivity index (χ4n) is 8.13. The molecule has 0 fully saturated rings. The average molecular weight is 1040 g/mol. The summed E-state index contributed by atoms with van der Waals surface area (Å²) in [6, 6.07) is 21.5. The molecule has 0 bridgehead atoms. The lowest BCUT2D eigenvalue weighted by Crippen LogP contribution is -2.28. The van der Waals surface area contributed by atoms with Gasteiger partial charge in [0.15, 0.2) is 5.16 Å². The van der Waals surface area contributed by atoms with Crippen molar-refractivity contribution in [1.29, 1.82) is 0 Å². The van der Waals surface area contributed by atoms with Crippen LogP contribution in [0.3, 0.4) is 0 Å². The minimum absolute atomic E-state index is 0.0390. The van der Waals surface area contributed by atoms with Crippen molar-refractivity contribution in [2.45, 2.75) is 29.2 Å². The molecule has 6 aromatic rings. The standard InChI is InChI=1S/C45H41Cl2N5O12P2S2/c1-26(67-68-44-48-16-17-49-44)25-62-45(55)50-35-18-27(11-14-40(53)51-23-29(21-46)42-33-8-4-2-6-31(33)38(19-36(42)51)63-65(56,57)58)10-12-28(35)13-15-41(54)52-24-30(22-47)43-34-9-5-3-7-32(34)39(20-37(43)52)64-66(59,60)61/h2-20,26,29-30H,21-25H2,1H3,(H,48,49)(H,50,55)(H2,56,57,58)(H2,59,60,61)/t26?,29-,30-/m1/s1. The average Bonchev–Trinajstić information content (AvgIpc) is 4.06. The topological polar surface area (TPSA) is 241 Å². The Bertz CT molecular complexity index is 3080. The zero-order valence-corrected chi connectivity index (χ0v) is 40.5. The first kappa shape index (κ1) is 49.1. The highest BCUT2D eigenvalue weighted by molar-refractivity contribution is 8.76. The Morgan fingerprint density at radius 3 is 1.84 bits per heavy atom. The molecule has 8 rings (SSSR count). The van der Waals surface area contributed by atoms with E-state index in [1.54, 1.807) is 79.1 Å². The van der Waals surface area contributed by atoms with Gasteiger partial charge in [0, 0.05) is 89.4 Å². The molecule has 23 heteroatoms. The number of H-pyrrole nitrogens is 1. The van der Waals surface area contributed by atoms with Crippen molar-refractivity contribution >= 4 is 129 Å². The third-order valence-electron chi connectivity index (χ3n) is 10.9. The summed E-state index contributed by atoms with van der Waals surface area (Å²) < 4.78 is 39.6. The summed E-state index contributed by atoms with van der Waals surface area (Å²) in [4.78, 5) is 90.2. The number of alkyl halides is 2. The number of rotatable bonds is 16. The number of nitrogens with one attached hydrogen (secondary N) is 2. The summed E-state index contributed by atoms with van der Waals surface area (Å²) >= 11 is 12.8. The summed E-state index contributed by atoms with van der Waals surface area (Å²) in [5.74, 6) is -1.49. The minimum Gasteiger partial charge on any atom is -0.448 e. The first-order valence-electron chi connectivity index (χ1n) is 20.6. The molecule has 3 atom stereocenters. The van der Waals surface area contributed by atoms with E-state index < -0.39 is 33.6 Å². The van der Waals surface area contributed by atoms with E-state index in [0.717, 1.165) is 11.1 Å². The van der Waals surface area contributed by atoms with E-state index in [0.29, 0.717) is 49.2 Å². The number of imidazole rings is 1. The first-order valence-corrected chi connectivity index (χ1v) is 27.0. The maximum absolute atomic E-state index is 14.1. The first-order chi connectivity index (χ1) is 32.5. The molecule has 0 radical (unpaired) electrons. The van der Waals surface area contributed by atoms with Crippen molar-refractivity contribution in [1.82, 2.24) is 9.97 Å². The van der Waals surface area contributed by atoms with E-state index in [2.05, 4.69) is 15.3 Å². The molecular formula is C45H41Cl2N5O12P2S2. The number of anilines is 3. The van der Waals surface area contributed by atoms with Gasteiger partial charge in [0.25, 0.3) is 11.8 Å². The second-order valence-corrected chi connectivity index (χ2v) is 21.2. The number of halogens is 2. The summed E-state index contributed by atoms with van der Waals surface area (Å²) in [6.07, 6.45) is 8.17. The lowest BCUT2D eigenvalue weighted by atomic mass is 9.95. The summed E-state index contributed by atoms with van der Waals surface area (Å²) in [7, 11) is -7.12. The molecule has 3 heterocycles. The van der Waals surface area contributed by atoms with Crippen LogP contribution < -0.4 is 24.2 Å². The van der Waals surface area contributed by atoms with Crippen LogP contribution in [0.5, 0.6) is 11.5 Å². The van der Waals surface area contributed by atoms with Crippen molar-refractivity contribution in [3.8, 4) is 11.5 Å².